The third-order valence-corrected chi connectivity index (χ3v) is 12.4. The molecule has 5 aromatic rings. The molecule has 15 nitrogen and oxygen atoms in total. The Bertz CT molecular complexity index is 2670. The topological polar surface area (TPSA) is 212 Å². The number of esters is 1. The number of furan rings is 1. The van der Waals surface area contributed by atoms with Crippen LogP contribution in [-0.2, 0) is 23.8 Å². The first-order valence-electron chi connectivity index (χ1n) is 20.8. The molecule has 63 heavy (non-hydrogen) atoms. The highest BCUT2D eigenvalue weighted by Crippen LogP contribution is 2.54. The number of aromatic nitrogens is 2. The Morgan fingerprint density at radius 3 is 2.29 bits per heavy atom. The van der Waals surface area contributed by atoms with Crippen molar-refractivity contribution in [3.05, 3.63) is 96.0 Å². The van der Waals surface area contributed by atoms with E-state index in [-0.39, 0.29) is 55.8 Å². The summed E-state index contributed by atoms with van der Waals surface area (Å²) < 4.78 is 31.6. The van der Waals surface area contributed by atoms with Gasteiger partial charge in [0.05, 0.1) is 41.8 Å². The first-order chi connectivity index (χ1) is 29.9. The normalized spacial score (nSPS) is 28.1. The number of phenolic OH excluding ortho intramolecular Hbond substituents is 2. The van der Waals surface area contributed by atoms with Crippen molar-refractivity contribution in [1.29, 1.82) is 0 Å². The molecule has 9 unspecified atom stereocenters. The molecule has 0 fully saturated rings. The number of nitrogens with one attached hydrogen (secondary N) is 1. The highest BCUT2D eigenvalue weighted by Gasteiger charge is 2.50. The van der Waals surface area contributed by atoms with Crippen LogP contribution in [0.2, 0.25) is 0 Å². The SMILES string of the molecule is COC1/C=C/OC2(C)Oc3c(C)c(O)c4c(O)c(c5c(nc(-c6ccco6)n5-c5ccccc5)c4c3C2=O)NC(=O)C(C)=C/C=C/C(C)C(O)C(C)C(O)C(C)C(OC(C)=O)C1C. The number of ether oxygens (including phenoxy) is 4. The van der Waals surface area contributed by atoms with E-state index in [1.54, 1.807) is 93.8 Å². The quantitative estimate of drug-likeness (QED) is 0.0869. The van der Waals surface area contributed by atoms with Crippen molar-refractivity contribution in [2.24, 2.45) is 23.7 Å². The zero-order valence-corrected chi connectivity index (χ0v) is 36.6. The summed E-state index contributed by atoms with van der Waals surface area (Å²) in [5.74, 6) is -6.76. The molecule has 7 rings (SSSR count). The van der Waals surface area contributed by atoms with Gasteiger partial charge >= 0.3 is 11.8 Å². The monoisotopic (exact) mass is 863 g/mol. The summed E-state index contributed by atoms with van der Waals surface area (Å²) in [5, 5.41) is 50.1. The van der Waals surface area contributed by atoms with Gasteiger partial charge in [-0.3, -0.25) is 19.0 Å². The van der Waals surface area contributed by atoms with Crippen molar-refractivity contribution in [3.8, 4) is 34.5 Å². The Labute approximate surface area is 364 Å². The molecule has 0 saturated heterocycles. The highest BCUT2D eigenvalue weighted by atomic mass is 16.7. The maximum Gasteiger partial charge on any atom is 0.312 e. The summed E-state index contributed by atoms with van der Waals surface area (Å²) in [6.45, 7) is 12.8. The lowest BCUT2D eigenvalue weighted by molar-refractivity contribution is -0.160. The molecular weight excluding hydrogens is 811 g/mol. The molecule has 0 saturated carbocycles. The van der Waals surface area contributed by atoms with Gasteiger partial charge in [0.1, 0.15) is 34.3 Å². The van der Waals surface area contributed by atoms with E-state index in [9.17, 15) is 34.8 Å². The van der Waals surface area contributed by atoms with E-state index in [1.807, 2.05) is 6.07 Å². The Hall–Kier alpha value is -6.42. The van der Waals surface area contributed by atoms with E-state index in [2.05, 4.69) is 5.32 Å². The van der Waals surface area contributed by atoms with Crippen LogP contribution in [0.15, 0.2) is 89.3 Å². The van der Waals surface area contributed by atoms with Gasteiger partial charge < -0.3 is 49.1 Å². The highest BCUT2D eigenvalue weighted by molar-refractivity contribution is 6.28. The Morgan fingerprint density at radius 1 is 0.921 bits per heavy atom. The van der Waals surface area contributed by atoms with Gasteiger partial charge in [-0.25, -0.2) is 4.98 Å². The molecule has 4 bridgehead atoms. The molecule has 9 atom stereocenters. The minimum absolute atomic E-state index is 0.0109. The molecular formula is C48H53N3O12. The summed E-state index contributed by atoms with van der Waals surface area (Å²) in [5.41, 5.74) is 1.03. The Kier molecular flexibility index (Phi) is 12.3. The van der Waals surface area contributed by atoms with Gasteiger partial charge in [-0.15, -0.1) is 0 Å². The van der Waals surface area contributed by atoms with E-state index in [1.165, 1.54) is 46.5 Å². The van der Waals surface area contributed by atoms with Gasteiger partial charge in [-0.2, -0.15) is 0 Å². The van der Waals surface area contributed by atoms with E-state index < -0.39 is 83.0 Å². The van der Waals surface area contributed by atoms with Crippen molar-refractivity contribution >= 4 is 45.2 Å². The first kappa shape index (κ1) is 44.6. The molecule has 0 spiro atoms. The van der Waals surface area contributed by atoms with Crippen molar-refractivity contribution in [2.75, 3.05) is 12.4 Å². The number of nitrogens with zero attached hydrogens (tertiary/aromatic N) is 2. The summed E-state index contributed by atoms with van der Waals surface area (Å²) in [4.78, 5) is 46.5. The molecule has 332 valence electrons. The van der Waals surface area contributed by atoms with Crippen LogP contribution in [0.4, 0.5) is 5.69 Å². The number of carbonyl (C=O) groups excluding carboxylic acids is 3. The molecule has 4 heterocycles. The molecule has 15 heteroatoms. The maximum atomic E-state index is 14.9. The number of para-hydroxylation sites is 1. The fourth-order valence-corrected chi connectivity index (χ4v) is 8.69. The zero-order valence-electron chi connectivity index (χ0n) is 36.6. The number of hydrogen-bond donors (Lipinski definition) is 5. The number of anilines is 1. The zero-order chi connectivity index (χ0) is 45.7. The molecule has 0 radical (unpaired) electrons. The number of phenols is 2. The Morgan fingerprint density at radius 2 is 1.63 bits per heavy atom. The van der Waals surface area contributed by atoms with Crippen LogP contribution in [0.1, 0.15) is 64.4 Å². The Balaban J connectivity index is 1.49. The van der Waals surface area contributed by atoms with Gasteiger partial charge in [0.2, 0.25) is 0 Å². The minimum Gasteiger partial charge on any atom is -0.507 e. The van der Waals surface area contributed by atoms with Crippen LogP contribution < -0.4 is 10.1 Å². The van der Waals surface area contributed by atoms with Crippen LogP contribution in [-0.4, -0.2) is 84.9 Å². The van der Waals surface area contributed by atoms with E-state index >= 15 is 0 Å². The second-order valence-electron chi connectivity index (χ2n) is 16.6. The number of ketones is 1. The van der Waals surface area contributed by atoms with Crippen LogP contribution >= 0.6 is 0 Å². The number of aliphatic hydroxyl groups excluding tert-OH is 2. The van der Waals surface area contributed by atoms with Crippen LogP contribution in [0.25, 0.3) is 39.1 Å². The number of allylic oxidation sites excluding steroid dienone is 2. The van der Waals surface area contributed by atoms with E-state index in [0.29, 0.717) is 11.4 Å². The number of aliphatic hydroxyl groups is 2. The van der Waals surface area contributed by atoms with E-state index in [0.717, 1.165) is 0 Å². The first-order valence-corrected chi connectivity index (χ1v) is 20.8. The van der Waals surface area contributed by atoms with Crippen LogP contribution in [0, 0.1) is 30.6 Å². The second kappa shape index (κ2) is 17.4. The molecule has 1 amide bonds. The molecule has 5 N–H and O–H groups in total. The summed E-state index contributed by atoms with van der Waals surface area (Å²) in [6, 6.07) is 12.4. The van der Waals surface area contributed by atoms with Gasteiger partial charge in [0.25, 0.3) is 11.7 Å². The number of methoxy groups -OCH3 is 1. The molecule has 3 aromatic carbocycles. The number of imidazole rings is 1. The average molecular weight is 864 g/mol. The summed E-state index contributed by atoms with van der Waals surface area (Å²) in [7, 11) is 1.45. The number of amides is 1. The summed E-state index contributed by atoms with van der Waals surface area (Å²) >= 11 is 0. The van der Waals surface area contributed by atoms with Gasteiger partial charge in [0.15, 0.2) is 17.3 Å². The largest absolute Gasteiger partial charge is 0.507 e. The molecule has 0 aliphatic carbocycles. The predicted molar refractivity (Wildman–Crippen MR) is 234 cm³/mol. The fraction of sp³-hybridized carbons (Fsp3) is 0.375. The lowest BCUT2D eigenvalue weighted by atomic mass is 9.78. The number of fused-ring (bicyclic) bond motifs is 1. The van der Waals surface area contributed by atoms with Gasteiger partial charge in [0, 0.05) is 66.8 Å². The molecule has 2 aromatic heterocycles. The second-order valence-corrected chi connectivity index (χ2v) is 16.6. The lowest BCUT2D eigenvalue weighted by Crippen LogP contribution is -2.46. The van der Waals surface area contributed by atoms with E-state index in [4.69, 9.17) is 28.3 Å². The number of Topliss-reactive ketones (excluding diaryl/α,β-unsaturated/α-hetero) is 1. The third-order valence-electron chi connectivity index (χ3n) is 12.4. The number of hydrogen-bond acceptors (Lipinski definition) is 13. The summed E-state index contributed by atoms with van der Waals surface area (Å²) in [6.07, 6.45) is 5.23. The molecule has 2 aliphatic heterocycles. The molecule has 2 aliphatic rings. The minimum atomic E-state index is -2.02. The van der Waals surface area contributed by atoms with Crippen LogP contribution in [0.3, 0.4) is 0 Å². The number of rotatable bonds is 4. The number of carbonyl (C=O) groups is 3. The average Bonchev–Trinajstić information content (AvgIpc) is 4.00. The third kappa shape index (κ3) is 7.85. The van der Waals surface area contributed by atoms with Gasteiger partial charge in [-0.1, -0.05) is 64.1 Å². The maximum absolute atomic E-state index is 14.9. The van der Waals surface area contributed by atoms with Gasteiger partial charge in [-0.05, 0) is 44.2 Å². The van der Waals surface area contributed by atoms with Crippen molar-refractivity contribution in [2.45, 2.75) is 85.6 Å². The van der Waals surface area contributed by atoms with Crippen molar-refractivity contribution in [3.63, 3.8) is 0 Å². The fourth-order valence-electron chi connectivity index (χ4n) is 8.69. The van der Waals surface area contributed by atoms with Crippen molar-refractivity contribution < 1.29 is 58.2 Å². The van der Waals surface area contributed by atoms with Crippen LogP contribution in [0.5, 0.6) is 17.2 Å². The lowest BCUT2D eigenvalue weighted by Gasteiger charge is -2.38. The number of aromatic hydroxyl groups is 2. The standard InChI is InChI=1S/C48H53N3O12/c1-23-15-13-16-24(2)47(58)50-37-38-36(49-46(32-19-14-21-60-32)51(38)30-17-11-10-12-18-30)33-34(42(37)56)41(55)28(6)44-35(33)45(57)48(8,63-44)61-22-20-31(59-9)25(3)43(62-29(7)52)27(5)40(54)26(4)39(23)53/h10-23,25-27,31,39-40,43,53-56H,1-9H3,(H,50,58)/b15-13+,22-20+,24-16?. The van der Waals surface area contributed by atoms with Crippen molar-refractivity contribution in [1.82, 2.24) is 9.55 Å². The number of benzene rings is 3. The predicted octanol–water partition coefficient (Wildman–Crippen LogP) is 7.65. The smallest absolute Gasteiger partial charge is 0.312 e.